The van der Waals surface area contributed by atoms with E-state index in [0.29, 0.717) is 12.8 Å². The Morgan fingerprint density at radius 3 is 3.00 bits per heavy atom. The van der Waals surface area contributed by atoms with Gasteiger partial charge < -0.3 is 10.4 Å². The Labute approximate surface area is 73.2 Å². The average molecular weight is 171 g/mol. The van der Waals surface area contributed by atoms with Crippen molar-refractivity contribution in [3.05, 3.63) is 0 Å². The summed E-state index contributed by atoms with van der Waals surface area (Å²) in [7, 11) is 0. The molecule has 0 amide bonds. The van der Waals surface area contributed by atoms with E-state index in [-0.39, 0.29) is 17.9 Å². The molecular weight excluding hydrogens is 154 g/mol. The van der Waals surface area contributed by atoms with Crippen molar-refractivity contribution >= 4 is 5.78 Å². The average Bonchev–Trinajstić information content (AvgIpc) is 2.09. The minimum Gasteiger partial charge on any atom is -0.391 e. The number of aliphatic hydroxyl groups is 1. The SMILES string of the molecule is CCC(=O)C[C@H]1NCCC[C@H]1O. The van der Waals surface area contributed by atoms with Crippen LogP contribution < -0.4 is 5.32 Å². The summed E-state index contributed by atoms with van der Waals surface area (Å²) in [5.74, 6) is 0.230. The molecule has 70 valence electrons. The smallest absolute Gasteiger partial charge is 0.134 e. The van der Waals surface area contributed by atoms with E-state index in [9.17, 15) is 9.90 Å². The van der Waals surface area contributed by atoms with E-state index in [1.165, 1.54) is 0 Å². The second-order valence-corrected chi connectivity index (χ2v) is 3.37. The molecule has 0 spiro atoms. The highest BCUT2D eigenvalue weighted by atomic mass is 16.3. The predicted octanol–water partition coefficient (Wildman–Crippen LogP) is 0.468. The molecule has 0 radical (unpaired) electrons. The van der Waals surface area contributed by atoms with Crippen molar-refractivity contribution in [3.63, 3.8) is 0 Å². The van der Waals surface area contributed by atoms with Crippen LogP contribution in [-0.2, 0) is 4.79 Å². The number of ketones is 1. The van der Waals surface area contributed by atoms with Gasteiger partial charge in [-0.1, -0.05) is 6.92 Å². The molecule has 1 aliphatic heterocycles. The van der Waals surface area contributed by atoms with E-state index in [1.807, 2.05) is 6.92 Å². The van der Waals surface area contributed by atoms with Crippen LogP contribution >= 0.6 is 0 Å². The molecule has 1 aliphatic rings. The summed E-state index contributed by atoms with van der Waals surface area (Å²) in [5, 5.41) is 12.7. The number of hydrogen-bond acceptors (Lipinski definition) is 3. The van der Waals surface area contributed by atoms with E-state index >= 15 is 0 Å². The molecule has 1 saturated heterocycles. The number of aliphatic hydroxyl groups excluding tert-OH is 1. The Balaban J connectivity index is 2.33. The summed E-state index contributed by atoms with van der Waals surface area (Å²) in [6.07, 6.45) is 2.57. The molecule has 0 aromatic rings. The Morgan fingerprint density at radius 2 is 2.42 bits per heavy atom. The van der Waals surface area contributed by atoms with Crippen molar-refractivity contribution in [1.82, 2.24) is 5.32 Å². The number of rotatable bonds is 3. The Kier molecular flexibility index (Phi) is 3.69. The first-order valence-corrected chi connectivity index (χ1v) is 4.67. The quantitative estimate of drug-likeness (QED) is 0.649. The van der Waals surface area contributed by atoms with Crippen molar-refractivity contribution < 1.29 is 9.90 Å². The molecule has 1 heterocycles. The van der Waals surface area contributed by atoms with Gasteiger partial charge in [-0.3, -0.25) is 4.79 Å². The van der Waals surface area contributed by atoms with Gasteiger partial charge in [0.15, 0.2) is 0 Å². The van der Waals surface area contributed by atoms with Crippen LogP contribution in [0.1, 0.15) is 32.6 Å². The molecule has 1 rings (SSSR count). The second kappa shape index (κ2) is 4.58. The van der Waals surface area contributed by atoms with Gasteiger partial charge in [0.05, 0.1) is 6.10 Å². The first kappa shape index (κ1) is 9.68. The minimum absolute atomic E-state index is 0.00574. The summed E-state index contributed by atoms with van der Waals surface area (Å²) in [6.45, 7) is 2.79. The first-order chi connectivity index (χ1) is 5.74. The molecule has 0 aromatic carbocycles. The lowest BCUT2D eigenvalue weighted by Crippen LogP contribution is -2.45. The monoisotopic (exact) mass is 171 g/mol. The van der Waals surface area contributed by atoms with Crippen LogP contribution in [-0.4, -0.2) is 29.6 Å². The van der Waals surface area contributed by atoms with Crippen molar-refractivity contribution in [2.24, 2.45) is 0 Å². The third kappa shape index (κ3) is 2.57. The minimum atomic E-state index is -0.325. The molecule has 3 nitrogen and oxygen atoms in total. The maximum atomic E-state index is 11.1. The molecule has 0 unspecified atom stereocenters. The number of Topliss-reactive ketones (excluding diaryl/α,β-unsaturated/α-hetero) is 1. The van der Waals surface area contributed by atoms with E-state index in [4.69, 9.17) is 0 Å². The first-order valence-electron chi connectivity index (χ1n) is 4.67. The topological polar surface area (TPSA) is 49.3 Å². The Hall–Kier alpha value is -0.410. The molecule has 2 N–H and O–H groups in total. The lowest BCUT2D eigenvalue weighted by Gasteiger charge is -2.28. The number of carbonyl (C=O) groups is 1. The predicted molar refractivity (Wildman–Crippen MR) is 46.9 cm³/mol. The van der Waals surface area contributed by atoms with Gasteiger partial charge in [0.2, 0.25) is 0 Å². The number of hydrogen-bond donors (Lipinski definition) is 2. The van der Waals surface area contributed by atoms with Crippen LogP contribution in [0.3, 0.4) is 0 Å². The van der Waals surface area contributed by atoms with E-state index in [1.54, 1.807) is 0 Å². The fourth-order valence-electron chi connectivity index (χ4n) is 1.53. The van der Waals surface area contributed by atoms with Crippen molar-refractivity contribution in [3.8, 4) is 0 Å². The van der Waals surface area contributed by atoms with E-state index in [2.05, 4.69) is 5.32 Å². The standard InChI is InChI=1S/C9H17NO2/c1-2-7(11)6-8-9(12)4-3-5-10-8/h8-10,12H,2-6H2,1H3/t8-,9-/m1/s1. The van der Waals surface area contributed by atoms with Crippen LogP contribution in [0.5, 0.6) is 0 Å². The van der Waals surface area contributed by atoms with E-state index in [0.717, 1.165) is 19.4 Å². The van der Waals surface area contributed by atoms with E-state index < -0.39 is 0 Å². The van der Waals surface area contributed by atoms with Crippen LogP contribution in [0.15, 0.2) is 0 Å². The summed E-state index contributed by atoms with van der Waals surface area (Å²) in [4.78, 5) is 11.1. The summed E-state index contributed by atoms with van der Waals surface area (Å²) in [5.41, 5.74) is 0. The van der Waals surface area contributed by atoms with Gasteiger partial charge >= 0.3 is 0 Å². The van der Waals surface area contributed by atoms with Crippen LogP contribution in [0.2, 0.25) is 0 Å². The number of carbonyl (C=O) groups excluding carboxylic acids is 1. The maximum absolute atomic E-state index is 11.1. The zero-order valence-electron chi connectivity index (χ0n) is 7.55. The lowest BCUT2D eigenvalue weighted by molar-refractivity contribution is -0.120. The highest BCUT2D eigenvalue weighted by molar-refractivity contribution is 5.78. The van der Waals surface area contributed by atoms with Crippen molar-refractivity contribution in [2.75, 3.05) is 6.54 Å². The van der Waals surface area contributed by atoms with Gasteiger partial charge in [-0.05, 0) is 19.4 Å². The van der Waals surface area contributed by atoms with Gasteiger partial charge in [-0.2, -0.15) is 0 Å². The second-order valence-electron chi connectivity index (χ2n) is 3.37. The number of nitrogens with one attached hydrogen (secondary N) is 1. The van der Waals surface area contributed by atoms with Gasteiger partial charge in [0.25, 0.3) is 0 Å². The van der Waals surface area contributed by atoms with Crippen LogP contribution in [0, 0.1) is 0 Å². The van der Waals surface area contributed by atoms with Gasteiger partial charge in [0.1, 0.15) is 5.78 Å². The highest BCUT2D eigenvalue weighted by Gasteiger charge is 2.23. The molecule has 1 fully saturated rings. The summed E-state index contributed by atoms with van der Waals surface area (Å²) < 4.78 is 0. The molecule has 3 heteroatoms. The molecule has 2 atom stereocenters. The van der Waals surface area contributed by atoms with Gasteiger partial charge in [-0.15, -0.1) is 0 Å². The van der Waals surface area contributed by atoms with Crippen molar-refractivity contribution in [2.45, 2.75) is 44.8 Å². The summed E-state index contributed by atoms with van der Waals surface area (Å²) >= 11 is 0. The van der Waals surface area contributed by atoms with Gasteiger partial charge in [-0.25, -0.2) is 0 Å². The lowest BCUT2D eigenvalue weighted by atomic mass is 9.96. The zero-order valence-corrected chi connectivity index (χ0v) is 7.55. The normalized spacial score (nSPS) is 30.2. The molecular formula is C9H17NO2. The third-order valence-electron chi connectivity index (χ3n) is 2.39. The summed E-state index contributed by atoms with van der Waals surface area (Å²) in [6, 6.07) is 0.00574. The zero-order chi connectivity index (χ0) is 8.97. The fourth-order valence-corrected chi connectivity index (χ4v) is 1.53. The molecule has 12 heavy (non-hydrogen) atoms. The molecule has 0 bridgehead atoms. The van der Waals surface area contributed by atoms with Crippen molar-refractivity contribution in [1.29, 1.82) is 0 Å². The molecule has 0 saturated carbocycles. The third-order valence-corrected chi connectivity index (χ3v) is 2.39. The van der Waals surface area contributed by atoms with Crippen LogP contribution in [0.25, 0.3) is 0 Å². The Morgan fingerprint density at radius 1 is 1.67 bits per heavy atom. The molecule has 0 aromatic heterocycles. The van der Waals surface area contributed by atoms with Gasteiger partial charge in [0, 0.05) is 18.9 Å². The molecule has 0 aliphatic carbocycles. The van der Waals surface area contributed by atoms with Crippen LogP contribution in [0.4, 0.5) is 0 Å². The Bertz CT molecular complexity index is 159. The fraction of sp³-hybridized carbons (Fsp3) is 0.889. The largest absolute Gasteiger partial charge is 0.391 e. The maximum Gasteiger partial charge on any atom is 0.134 e. The highest BCUT2D eigenvalue weighted by Crippen LogP contribution is 2.12. The number of piperidine rings is 1.